The Labute approximate surface area is 180 Å². The van der Waals surface area contributed by atoms with Crippen LogP contribution in [0.1, 0.15) is 46.3 Å². The molecule has 0 aromatic carbocycles. The van der Waals surface area contributed by atoms with Gasteiger partial charge in [-0.1, -0.05) is 0 Å². The third-order valence-corrected chi connectivity index (χ3v) is 5.64. The molecule has 0 radical (unpaired) electrons. The van der Waals surface area contributed by atoms with E-state index >= 15 is 0 Å². The minimum Gasteiger partial charge on any atom is -0.463 e. The van der Waals surface area contributed by atoms with Crippen LogP contribution in [-0.4, -0.2) is 48.7 Å². The lowest BCUT2D eigenvalue weighted by molar-refractivity contribution is -0.142. The number of aromatic nitrogens is 5. The monoisotopic (exact) mass is 444 g/mol. The molecule has 32 heavy (non-hydrogen) atoms. The van der Waals surface area contributed by atoms with E-state index in [2.05, 4.69) is 20.3 Å². The van der Waals surface area contributed by atoms with E-state index < -0.39 is 11.9 Å². The number of hydrogen-bond acceptors (Lipinski definition) is 5. The molecule has 166 valence electrons. The maximum atomic E-state index is 13.6. The molecular formula is C21H19F3N6O2. The van der Waals surface area contributed by atoms with Gasteiger partial charge in [0.1, 0.15) is 11.4 Å². The van der Waals surface area contributed by atoms with E-state index in [-0.39, 0.29) is 23.2 Å². The number of furan rings is 1. The topological polar surface area (TPSA) is 92.3 Å². The Morgan fingerprint density at radius 3 is 2.69 bits per heavy atom. The van der Waals surface area contributed by atoms with Crippen LogP contribution >= 0.6 is 0 Å². The van der Waals surface area contributed by atoms with Gasteiger partial charge in [0.15, 0.2) is 17.1 Å². The minimum atomic E-state index is -4.54. The molecule has 0 bridgehead atoms. The zero-order chi connectivity index (χ0) is 22.5. The highest BCUT2D eigenvalue weighted by molar-refractivity contribution is 5.93. The van der Waals surface area contributed by atoms with Gasteiger partial charge in [0.05, 0.1) is 12.0 Å². The van der Waals surface area contributed by atoms with Crippen LogP contribution in [0, 0.1) is 6.92 Å². The van der Waals surface area contributed by atoms with E-state index in [4.69, 9.17) is 4.42 Å². The zero-order valence-electron chi connectivity index (χ0n) is 17.1. The first-order valence-electron chi connectivity index (χ1n) is 10.1. The van der Waals surface area contributed by atoms with Crippen molar-refractivity contribution in [3.05, 3.63) is 59.4 Å². The van der Waals surface area contributed by atoms with E-state index in [1.54, 1.807) is 30.0 Å². The first-order chi connectivity index (χ1) is 15.3. The summed E-state index contributed by atoms with van der Waals surface area (Å²) in [6.45, 7) is 2.43. The van der Waals surface area contributed by atoms with Crippen molar-refractivity contribution < 1.29 is 22.4 Å². The van der Waals surface area contributed by atoms with Crippen molar-refractivity contribution in [2.45, 2.75) is 31.9 Å². The predicted molar refractivity (Wildman–Crippen MR) is 107 cm³/mol. The number of nitrogens with one attached hydrogen (secondary N) is 1. The van der Waals surface area contributed by atoms with E-state index in [1.807, 2.05) is 0 Å². The van der Waals surface area contributed by atoms with Crippen LogP contribution in [0.2, 0.25) is 0 Å². The van der Waals surface area contributed by atoms with Gasteiger partial charge in [0.2, 0.25) is 0 Å². The van der Waals surface area contributed by atoms with Gasteiger partial charge in [-0.25, -0.2) is 9.50 Å². The lowest BCUT2D eigenvalue weighted by Crippen LogP contribution is -2.38. The molecule has 1 amide bonds. The maximum absolute atomic E-state index is 13.6. The number of nitrogens with zero attached hydrogens (tertiary/aromatic N) is 5. The van der Waals surface area contributed by atoms with Crippen molar-refractivity contribution in [3.63, 3.8) is 0 Å². The number of H-pyrrole nitrogens is 1. The highest BCUT2D eigenvalue weighted by Gasteiger charge is 2.36. The van der Waals surface area contributed by atoms with Gasteiger partial charge in [-0.05, 0) is 38.0 Å². The van der Waals surface area contributed by atoms with E-state index in [9.17, 15) is 18.0 Å². The summed E-state index contributed by atoms with van der Waals surface area (Å²) < 4.78 is 46.9. The second-order valence-corrected chi connectivity index (χ2v) is 7.83. The molecule has 1 aliphatic heterocycles. The Morgan fingerprint density at radius 2 is 2.00 bits per heavy atom. The van der Waals surface area contributed by atoms with Crippen LogP contribution in [0.15, 0.2) is 41.0 Å². The number of carbonyl (C=O) groups is 1. The molecule has 0 unspecified atom stereocenters. The maximum Gasteiger partial charge on any atom is 0.433 e. The average Bonchev–Trinajstić information content (AvgIpc) is 3.51. The Bertz CT molecular complexity index is 1270. The second kappa shape index (κ2) is 7.50. The Morgan fingerprint density at radius 1 is 1.22 bits per heavy atom. The van der Waals surface area contributed by atoms with Crippen LogP contribution in [-0.2, 0) is 6.18 Å². The van der Waals surface area contributed by atoms with Crippen LogP contribution in [0.3, 0.4) is 0 Å². The molecule has 1 saturated heterocycles. The molecule has 1 aliphatic rings. The van der Waals surface area contributed by atoms with Gasteiger partial charge in [-0.15, -0.1) is 0 Å². The van der Waals surface area contributed by atoms with E-state index in [0.717, 1.165) is 10.6 Å². The predicted octanol–water partition coefficient (Wildman–Crippen LogP) is 4.06. The van der Waals surface area contributed by atoms with Crippen molar-refractivity contribution in [2.24, 2.45) is 0 Å². The fraction of sp³-hybridized carbons (Fsp3) is 0.333. The molecule has 0 spiro atoms. The molecule has 5 heterocycles. The van der Waals surface area contributed by atoms with Crippen LogP contribution in [0.5, 0.6) is 0 Å². The van der Waals surface area contributed by atoms with Gasteiger partial charge in [-0.3, -0.25) is 9.89 Å². The summed E-state index contributed by atoms with van der Waals surface area (Å²) in [6, 6.07) is 7.73. The molecule has 11 heteroatoms. The van der Waals surface area contributed by atoms with E-state index in [1.165, 1.54) is 12.3 Å². The molecule has 1 N–H and O–H groups in total. The normalized spacial score (nSPS) is 15.6. The van der Waals surface area contributed by atoms with Crippen molar-refractivity contribution in [1.82, 2.24) is 29.7 Å². The quantitative estimate of drug-likeness (QED) is 0.515. The van der Waals surface area contributed by atoms with Gasteiger partial charge >= 0.3 is 6.18 Å². The minimum absolute atomic E-state index is 0.174. The lowest BCUT2D eigenvalue weighted by Gasteiger charge is -2.31. The smallest absolute Gasteiger partial charge is 0.433 e. The molecule has 4 aromatic rings. The molecule has 8 nitrogen and oxygen atoms in total. The number of aryl methyl sites for hydroxylation is 1. The van der Waals surface area contributed by atoms with Gasteiger partial charge in [-0.2, -0.15) is 23.4 Å². The standard InChI is InChI=1S/C21H19F3N6O2/c1-12-9-19-25-14(11-18(21(22,23)24)30(19)28-12)13-4-6-29(7-5-13)20(31)16-10-15(26-27-16)17-3-2-8-32-17/h2-3,8-11,13H,4-7H2,1H3,(H,26,27). The highest BCUT2D eigenvalue weighted by Crippen LogP contribution is 2.34. The molecular weight excluding hydrogens is 425 g/mol. The van der Waals surface area contributed by atoms with E-state index in [0.29, 0.717) is 48.8 Å². The van der Waals surface area contributed by atoms with Gasteiger partial charge < -0.3 is 9.32 Å². The van der Waals surface area contributed by atoms with Crippen molar-refractivity contribution >= 4 is 11.6 Å². The highest BCUT2D eigenvalue weighted by atomic mass is 19.4. The van der Waals surface area contributed by atoms with Gasteiger partial charge in [0, 0.05) is 36.8 Å². The van der Waals surface area contributed by atoms with Gasteiger partial charge in [0.25, 0.3) is 5.91 Å². The third-order valence-electron chi connectivity index (χ3n) is 5.64. The third kappa shape index (κ3) is 3.63. The van der Waals surface area contributed by atoms with Crippen LogP contribution < -0.4 is 0 Å². The fourth-order valence-corrected chi connectivity index (χ4v) is 4.05. The number of rotatable bonds is 3. The Hall–Kier alpha value is -3.63. The summed E-state index contributed by atoms with van der Waals surface area (Å²) in [5, 5.41) is 10.8. The second-order valence-electron chi connectivity index (χ2n) is 7.83. The number of piperidine rings is 1. The SMILES string of the molecule is Cc1cc2nc(C3CCN(C(=O)c4cc(-c5ccco5)[nH]n4)CC3)cc(C(F)(F)F)n2n1. The molecule has 5 rings (SSSR count). The first kappa shape index (κ1) is 20.3. The molecule has 1 fully saturated rings. The lowest BCUT2D eigenvalue weighted by atomic mass is 9.92. The first-order valence-corrected chi connectivity index (χ1v) is 10.1. The summed E-state index contributed by atoms with van der Waals surface area (Å²) in [7, 11) is 0. The number of hydrogen-bond donors (Lipinski definition) is 1. The number of carbonyl (C=O) groups excluding carboxylic acids is 1. The zero-order valence-corrected chi connectivity index (χ0v) is 17.1. The summed E-state index contributed by atoms with van der Waals surface area (Å²) in [6.07, 6.45) is -2.00. The fourth-order valence-electron chi connectivity index (χ4n) is 4.05. The summed E-state index contributed by atoms with van der Waals surface area (Å²) >= 11 is 0. The summed E-state index contributed by atoms with van der Waals surface area (Å²) in [4.78, 5) is 18.9. The van der Waals surface area contributed by atoms with Crippen molar-refractivity contribution in [3.8, 4) is 11.5 Å². The number of halogens is 3. The summed E-state index contributed by atoms with van der Waals surface area (Å²) in [5.74, 6) is 0.161. The van der Waals surface area contributed by atoms with Crippen LogP contribution in [0.4, 0.5) is 13.2 Å². The van der Waals surface area contributed by atoms with Crippen molar-refractivity contribution in [1.29, 1.82) is 0 Å². The van der Waals surface area contributed by atoms with Crippen molar-refractivity contribution in [2.75, 3.05) is 13.1 Å². The number of fused-ring (bicyclic) bond motifs is 1. The molecule has 0 atom stereocenters. The Kier molecular flexibility index (Phi) is 4.75. The molecule has 0 aliphatic carbocycles. The summed E-state index contributed by atoms with van der Waals surface area (Å²) in [5.41, 5.74) is 1.04. The molecule has 4 aromatic heterocycles. The molecule has 0 saturated carbocycles. The largest absolute Gasteiger partial charge is 0.463 e. The Balaban J connectivity index is 1.32. The number of likely N-dealkylation sites (tertiary alicyclic amines) is 1. The number of aromatic amines is 1. The number of amides is 1. The van der Waals surface area contributed by atoms with Crippen LogP contribution in [0.25, 0.3) is 17.1 Å². The number of alkyl halides is 3. The average molecular weight is 444 g/mol.